The second-order valence-electron chi connectivity index (χ2n) is 7.05. The van der Waals surface area contributed by atoms with Crippen LogP contribution < -0.4 is 19.8 Å². The van der Waals surface area contributed by atoms with E-state index < -0.39 is 0 Å². The second-order valence-corrected chi connectivity index (χ2v) is 7.97. The normalized spacial score (nSPS) is 12.0. The molecular formula is C24H24BrN3O4. The van der Waals surface area contributed by atoms with Crippen molar-refractivity contribution in [2.24, 2.45) is 5.10 Å². The summed E-state index contributed by atoms with van der Waals surface area (Å²) in [4.78, 5) is 18.0. The van der Waals surface area contributed by atoms with E-state index in [1.165, 1.54) is 18.9 Å². The van der Waals surface area contributed by atoms with Crippen LogP contribution in [0.3, 0.4) is 0 Å². The van der Waals surface area contributed by atoms with Crippen molar-refractivity contribution < 1.29 is 14.2 Å². The molecule has 0 spiro atoms. The summed E-state index contributed by atoms with van der Waals surface area (Å²) in [6.45, 7) is 4.13. The van der Waals surface area contributed by atoms with Crippen molar-refractivity contribution in [2.45, 2.75) is 26.2 Å². The number of hydrogen-bond donors (Lipinski definition) is 0. The maximum absolute atomic E-state index is 13.3. The van der Waals surface area contributed by atoms with Gasteiger partial charge in [-0.2, -0.15) is 9.78 Å². The van der Waals surface area contributed by atoms with Gasteiger partial charge in [0.25, 0.3) is 5.56 Å². The van der Waals surface area contributed by atoms with Crippen LogP contribution in [0.2, 0.25) is 0 Å². The molecule has 3 aromatic rings. The molecule has 32 heavy (non-hydrogen) atoms. The average molecular weight is 498 g/mol. The molecule has 8 heteroatoms. The predicted octanol–water partition coefficient (Wildman–Crippen LogP) is 4.58. The summed E-state index contributed by atoms with van der Waals surface area (Å²) in [6, 6.07) is 8.91. The van der Waals surface area contributed by atoms with Crippen LogP contribution in [-0.4, -0.2) is 36.7 Å². The number of hydrogen-bond acceptors (Lipinski definition) is 6. The van der Waals surface area contributed by atoms with E-state index in [0.29, 0.717) is 39.5 Å². The minimum atomic E-state index is -0.240. The highest BCUT2D eigenvalue weighted by atomic mass is 79.9. The summed E-state index contributed by atoms with van der Waals surface area (Å²) >= 11 is 3.42. The zero-order valence-electron chi connectivity index (χ0n) is 18.4. The van der Waals surface area contributed by atoms with E-state index in [1.807, 2.05) is 26.0 Å². The molecule has 1 heterocycles. The fraction of sp³-hybridized carbons (Fsp3) is 0.292. The number of benzene rings is 2. The van der Waals surface area contributed by atoms with Gasteiger partial charge in [-0.25, -0.2) is 4.98 Å². The van der Waals surface area contributed by atoms with Crippen LogP contribution in [0.15, 0.2) is 44.7 Å². The molecule has 0 saturated heterocycles. The van der Waals surface area contributed by atoms with Gasteiger partial charge in [-0.15, -0.1) is 6.42 Å². The predicted molar refractivity (Wildman–Crippen MR) is 129 cm³/mol. The lowest BCUT2D eigenvalue weighted by atomic mass is 10.1. The Morgan fingerprint density at radius 3 is 2.53 bits per heavy atom. The third-order valence-electron chi connectivity index (χ3n) is 4.99. The first-order chi connectivity index (χ1) is 15.4. The van der Waals surface area contributed by atoms with Gasteiger partial charge in [0.05, 0.1) is 31.3 Å². The fourth-order valence-electron chi connectivity index (χ4n) is 3.13. The summed E-state index contributed by atoms with van der Waals surface area (Å²) in [7, 11) is 3.05. The molecule has 0 bridgehead atoms. The van der Waals surface area contributed by atoms with Gasteiger partial charge in [-0.3, -0.25) is 4.79 Å². The van der Waals surface area contributed by atoms with Crippen LogP contribution in [0.5, 0.6) is 17.2 Å². The molecule has 166 valence electrons. The van der Waals surface area contributed by atoms with Gasteiger partial charge in [-0.05, 0) is 36.8 Å². The third kappa shape index (κ3) is 4.78. The van der Waals surface area contributed by atoms with Crippen LogP contribution in [-0.2, 0) is 0 Å². The fourth-order valence-corrected chi connectivity index (χ4v) is 3.50. The number of nitrogens with zero attached hydrogens (tertiary/aromatic N) is 3. The van der Waals surface area contributed by atoms with Gasteiger partial charge in [0.2, 0.25) is 5.75 Å². The highest BCUT2D eigenvalue weighted by molar-refractivity contribution is 9.10. The quantitative estimate of drug-likeness (QED) is 0.336. The van der Waals surface area contributed by atoms with Crippen molar-refractivity contribution in [2.75, 3.05) is 20.8 Å². The van der Waals surface area contributed by atoms with E-state index >= 15 is 0 Å². The van der Waals surface area contributed by atoms with Gasteiger partial charge < -0.3 is 14.2 Å². The molecule has 0 N–H and O–H groups in total. The Hall–Kier alpha value is -3.31. The van der Waals surface area contributed by atoms with Gasteiger partial charge in [0.1, 0.15) is 12.4 Å². The SMILES string of the molecule is C#CCOc1c(OC)cc(C=Nn2c([C@H](C)CC)nc3ccc(Br)cc3c2=O)cc1OC. The summed E-state index contributed by atoms with van der Waals surface area (Å²) in [5.41, 5.74) is 1.05. The Balaban J connectivity index is 2.14. The van der Waals surface area contributed by atoms with E-state index in [1.54, 1.807) is 24.4 Å². The molecule has 1 atom stereocenters. The molecule has 2 aromatic carbocycles. The summed E-state index contributed by atoms with van der Waals surface area (Å²) in [5, 5.41) is 4.97. The highest BCUT2D eigenvalue weighted by Crippen LogP contribution is 2.38. The van der Waals surface area contributed by atoms with Crippen LogP contribution in [0, 0.1) is 12.3 Å². The molecule has 0 saturated carbocycles. The zero-order valence-corrected chi connectivity index (χ0v) is 20.0. The van der Waals surface area contributed by atoms with E-state index in [0.717, 1.165) is 10.9 Å². The smallest absolute Gasteiger partial charge is 0.282 e. The molecule has 0 radical (unpaired) electrons. The summed E-state index contributed by atoms with van der Waals surface area (Å²) in [6.07, 6.45) is 7.67. The Kier molecular flexibility index (Phi) is 7.54. The maximum atomic E-state index is 13.3. The minimum Gasteiger partial charge on any atom is -0.493 e. The molecule has 0 aliphatic carbocycles. The van der Waals surface area contributed by atoms with Crippen molar-refractivity contribution in [3.8, 4) is 29.6 Å². The van der Waals surface area contributed by atoms with Crippen LogP contribution in [0.1, 0.15) is 37.6 Å². The van der Waals surface area contributed by atoms with Gasteiger partial charge in [0, 0.05) is 16.0 Å². The molecule has 0 aliphatic rings. The minimum absolute atomic E-state index is 0.0384. The molecule has 0 fully saturated rings. The largest absolute Gasteiger partial charge is 0.493 e. The lowest BCUT2D eigenvalue weighted by Crippen LogP contribution is -2.23. The lowest BCUT2D eigenvalue weighted by Gasteiger charge is -2.15. The van der Waals surface area contributed by atoms with E-state index in [4.69, 9.17) is 25.6 Å². The number of ether oxygens (including phenoxy) is 3. The van der Waals surface area contributed by atoms with Crippen LogP contribution >= 0.6 is 15.9 Å². The molecule has 3 rings (SSSR count). The first-order valence-corrected chi connectivity index (χ1v) is 10.8. The van der Waals surface area contributed by atoms with E-state index in [2.05, 4.69) is 27.0 Å². The van der Waals surface area contributed by atoms with E-state index in [9.17, 15) is 4.79 Å². The van der Waals surface area contributed by atoms with Gasteiger partial charge >= 0.3 is 0 Å². The van der Waals surface area contributed by atoms with Crippen molar-refractivity contribution in [3.63, 3.8) is 0 Å². The zero-order chi connectivity index (χ0) is 23.3. The molecular weight excluding hydrogens is 474 g/mol. The summed E-state index contributed by atoms with van der Waals surface area (Å²) < 4.78 is 18.6. The average Bonchev–Trinajstić information content (AvgIpc) is 2.81. The molecule has 7 nitrogen and oxygen atoms in total. The van der Waals surface area contributed by atoms with Gasteiger partial charge in [-0.1, -0.05) is 35.7 Å². The Morgan fingerprint density at radius 1 is 1.25 bits per heavy atom. The first-order valence-electron chi connectivity index (χ1n) is 10.0. The standard InChI is InChI=1S/C24H24BrN3O4/c1-6-10-32-22-20(30-4)11-16(12-21(22)31-5)14-26-28-23(15(3)7-2)27-19-9-8-17(25)13-18(19)24(28)29/h1,8-9,11-15H,7,10H2,2-5H3/t15-/m1/s1. The van der Waals surface area contributed by atoms with Crippen LogP contribution in [0.25, 0.3) is 10.9 Å². The Labute approximate surface area is 195 Å². The number of rotatable bonds is 8. The first kappa shape index (κ1) is 23.4. The Bertz CT molecular complexity index is 1240. The monoisotopic (exact) mass is 497 g/mol. The number of terminal acetylenes is 1. The second kappa shape index (κ2) is 10.3. The summed E-state index contributed by atoms with van der Waals surface area (Å²) in [5.74, 6) is 4.34. The van der Waals surface area contributed by atoms with Crippen molar-refractivity contribution >= 4 is 33.0 Å². The topological polar surface area (TPSA) is 74.9 Å². The molecule has 0 amide bonds. The number of fused-ring (bicyclic) bond motifs is 1. The molecule has 0 unspecified atom stereocenters. The number of halogens is 1. The van der Waals surface area contributed by atoms with Crippen molar-refractivity contribution in [1.29, 1.82) is 0 Å². The van der Waals surface area contributed by atoms with Crippen molar-refractivity contribution in [1.82, 2.24) is 9.66 Å². The highest BCUT2D eigenvalue weighted by Gasteiger charge is 2.17. The lowest BCUT2D eigenvalue weighted by molar-refractivity contribution is 0.304. The van der Waals surface area contributed by atoms with Gasteiger partial charge in [0.15, 0.2) is 11.5 Å². The number of aromatic nitrogens is 2. The van der Waals surface area contributed by atoms with Crippen LogP contribution in [0.4, 0.5) is 0 Å². The number of methoxy groups -OCH3 is 2. The Morgan fingerprint density at radius 2 is 1.94 bits per heavy atom. The van der Waals surface area contributed by atoms with E-state index in [-0.39, 0.29) is 18.1 Å². The molecule has 0 aliphatic heterocycles. The maximum Gasteiger partial charge on any atom is 0.282 e. The third-order valence-corrected chi connectivity index (χ3v) is 5.48. The molecule has 1 aromatic heterocycles. The van der Waals surface area contributed by atoms with Crippen molar-refractivity contribution in [3.05, 3.63) is 56.5 Å².